The quantitative estimate of drug-likeness (QED) is 0.476. The maximum Gasteiger partial charge on any atom is 0.0553 e. The van der Waals surface area contributed by atoms with Gasteiger partial charge in [0.2, 0.25) is 0 Å². The molecule has 0 amide bonds. The summed E-state index contributed by atoms with van der Waals surface area (Å²) in [6, 6.07) is 0. The Labute approximate surface area is 58.4 Å². The summed E-state index contributed by atoms with van der Waals surface area (Å²) in [5, 5.41) is 9.79. The molecule has 0 saturated carbocycles. The van der Waals surface area contributed by atoms with Gasteiger partial charge in [0.05, 0.1) is 12.6 Å². The van der Waals surface area contributed by atoms with Crippen molar-refractivity contribution < 1.29 is 14.6 Å². The Bertz CT molecular complexity index is 84.3. The van der Waals surface area contributed by atoms with E-state index in [4.69, 9.17) is 0 Å². The molecule has 0 fully saturated rings. The Balaban J connectivity index is 2.83. The molecule has 3 nitrogen and oxygen atoms in total. The molecule has 0 aliphatic heterocycles. The van der Waals surface area contributed by atoms with E-state index >= 15 is 0 Å². The average Bonchev–Trinajstić information content (AvgIpc) is 1.80. The fourth-order valence-electron chi connectivity index (χ4n) is 0.298. The van der Waals surface area contributed by atoms with Gasteiger partial charge in [-0.15, -0.1) is 0 Å². The predicted octanol–water partition coefficient (Wildman–Crippen LogP) is -0.884. The van der Waals surface area contributed by atoms with E-state index in [2.05, 4.69) is 4.74 Å². The van der Waals surface area contributed by atoms with Gasteiger partial charge in [0.15, 0.2) is 0 Å². The molecule has 0 aromatic carbocycles. The molecular formula is C5H9O3S-. The minimum absolute atomic E-state index is 0.0589. The van der Waals surface area contributed by atoms with E-state index in [0.717, 1.165) is 0 Å². The zero-order valence-electron chi connectivity index (χ0n) is 5.25. The second-order valence-electron chi connectivity index (χ2n) is 1.42. The highest BCUT2D eigenvalue weighted by Crippen LogP contribution is 1.96. The molecule has 0 atom stereocenters. The number of carbonyl (C=O) groups excluding carboxylic acids is 1. The summed E-state index contributed by atoms with van der Waals surface area (Å²) in [6.45, 7) is 0.595. The summed E-state index contributed by atoms with van der Waals surface area (Å²) in [7, 11) is 1.58. The molecule has 0 spiro atoms. The first-order chi connectivity index (χ1) is 4.27. The topological polar surface area (TPSA) is 49.4 Å². The highest BCUT2D eigenvalue weighted by molar-refractivity contribution is 7.99. The molecule has 4 heteroatoms. The predicted molar refractivity (Wildman–Crippen MR) is 34.2 cm³/mol. The summed E-state index contributed by atoms with van der Waals surface area (Å²) in [4.78, 5) is 9.79. The zero-order chi connectivity index (χ0) is 7.11. The van der Waals surface area contributed by atoms with E-state index in [9.17, 15) is 9.90 Å². The summed E-state index contributed by atoms with van der Waals surface area (Å²) in [6.07, 6.45) is 0. The normalized spacial score (nSPS) is 9.44. The second-order valence-corrected chi connectivity index (χ2v) is 2.52. The lowest BCUT2D eigenvalue weighted by atomic mass is 10.8. The van der Waals surface area contributed by atoms with E-state index in [1.165, 1.54) is 11.8 Å². The number of carboxylic acids is 1. The second kappa shape index (κ2) is 5.91. The first kappa shape index (κ1) is 8.78. The monoisotopic (exact) mass is 149 g/mol. The maximum absolute atomic E-state index is 9.79. The number of thioether (sulfide) groups is 1. The van der Waals surface area contributed by atoms with E-state index in [0.29, 0.717) is 12.4 Å². The van der Waals surface area contributed by atoms with Crippen LogP contribution in [0.2, 0.25) is 0 Å². The van der Waals surface area contributed by atoms with Crippen LogP contribution in [-0.4, -0.2) is 31.2 Å². The Morgan fingerprint density at radius 1 is 1.78 bits per heavy atom. The molecule has 0 aromatic heterocycles. The van der Waals surface area contributed by atoms with Crippen LogP contribution in [0.4, 0.5) is 0 Å². The van der Waals surface area contributed by atoms with Crippen molar-refractivity contribution in [1.29, 1.82) is 0 Å². The van der Waals surface area contributed by atoms with Crippen molar-refractivity contribution in [2.24, 2.45) is 0 Å². The van der Waals surface area contributed by atoms with E-state index in [-0.39, 0.29) is 5.75 Å². The van der Waals surface area contributed by atoms with Crippen LogP contribution < -0.4 is 5.11 Å². The molecule has 0 N–H and O–H groups in total. The number of carboxylic acid groups (broad SMARTS) is 1. The smallest absolute Gasteiger partial charge is 0.0553 e. The first-order valence-electron chi connectivity index (χ1n) is 2.54. The van der Waals surface area contributed by atoms with Crippen molar-refractivity contribution in [3.8, 4) is 0 Å². The summed E-state index contributed by atoms with van der Waals surface area (Å²) in [5.74, 6) is -0.246. The fraction of sp³-hybridized carbons (Fsp3) is 0.800. The molecule has 0 bridgehead atoms. The summed E-state index contributed by atoms with van der Waals surface area (Å²) in [5.41, 5.74) is 0. The van der Waals surface area contributed by atoms with Gasteiger partial charge in [0, 0.05) is 18.6 Å². The lowest BCUT2D eigenvalue weighted by molar-refractivity contribution is -0.301. The lowest BCUT2D eigenvalue weighted by Crippen LogP contribution is -2.24. The van der Waals surface area contributed by atoms with Crippen LogP contribution in [0.3, 0.4) is 0 Å². The largest absolute Gasteiger partial charge is 0.549 e. The third kappa shape index (κ3) is 7.78. The molecular weight excluding hydrogens is 140 g/mol. The summed E-state index contributed by atoms with van der Waals surface area (Å²) >= 11 is 1.30. The Hall–Kier alpha value is -0.220. The van der Waals surface area contributed by atoms with Gasteiger partial charge in [-0.2, -0.15) is 11.8 Å². The van der Waals surface area contributed by atoms with Crippen molar-refractivity contribution in [3.63, 3.8) is 0 Å². The molecule has 0 aromatic rings. The lowest BCUT2D eigenvalue weighted by Gasteiger charge is -1.99. The van der Waals surface area contributed by atoms with Crippen LogP contribution in [0.15, 0.2) is 0 Å². The molecule has 0 aliphatic rings. The van der Waals surface area contributed by atoms with Crippen molar-refractivity contribution in [3.05, 3.63) is 0 Å². The molecule has 0 radical (unpaired) electrons. The van der Waals surface area contributed by atoms with E-state index in [1.54, 1.807) is 7.11 Å². The molecule has 0 heterocycles. The van der Waals surface area contributed by atoms with Gasteiger partial charge in [-0.05, 0) is 0 Å². The van der Waals surface area contributed by atoms with Crippen molar-refractivity contribution in [2.75, 3.05) is 25.2 Å². The van der Waals surface area contributed by atoms with Gasteiger partial charge in [-0.1, -0.05) is 0 Å². The number of rotatable bonds is 5. The standard InChI is InChI=1S/C5H10O3S/c1-8-2-3-9-4-5(6)7/h2-4H2,1H3,(H,6,7)/p-1. The van der Waals surface area contributed by atoms with Gasteiger partial charge in [-0.3, -0.25) is 0 Å². The number of methoxy groups -OCH3 is 1. The Morgan fingerprint density at radius 2 is 2.44 bits per heavy atom. The highest BCUT2D eigenvalue weighted by Gasteiger charge is 1.86. The van der Waals surface area contributed by atoms with Crippen LogP contribution in [0.25, 0.3) is 0 Å². The van der Waals surface area contributed by atoms with Crippen molar-refractivity contribution >= 4 is 17.7 Å². The van der Waals surface area contributed by atoms with Crippen molar-refractivity contribution in [1.82, 2.24) is 0 Å². The number of ether oxygens (including phenoxy) is 1. The SMILES string of the molecule is COCCSCC(=O)[O-]. The molecule has 0 aliphatic carbocycles. The zero-order valence-corrected chi connectivity index (χ0v) is 6.07. The van der Waals surface area contributed by atoms with Crippen molar-refractivity contribution in [2.45, 2.75) is 0 Å². The highest BCUT2D eigenvalue weighted by atomic mass is 32.2. The van der Waals surface area contributed by atoms with E-state index < -0.39 is 5.97 Å². The van der Waals surface area contributed by atoms with Crippen LogP contribution >= 0.6 is 11.8 Å². The molecule has 0 rings (SSSR count). The fourth-order valence-corrected chi connectivity index (χ4v) is 0.893. The van der Waals surface area contributed by atoms with Crippen LogP contribution in [0.5, 0.6) is 0 Å². The Kier molecular flexibility index (Phi) is 5.76. The van der Waals surface area contributed by atoms with Gasteiger partial charge in [0.1, 0.15) is 0 Å². The van der Waals surface area contributed by atoms with Gasteiger partial charge < -0.3 is 14.6 Å². The first-order valence-corrected chi connectivity index (χ1v) is 3.69. The molecule has 9 heavy (non-hydrogen) atoms. The molecule has 0 saturated heterocycles. The maximum atomic E-state index is 9.79. The van der Waals surface area contributed by atoms with Crippen LogP contribution in [0.1, 0.15) is 0 Å². The number of carbonyl (C=O) groups is 1. The number of aliphatic carboxylic acids is 1. The minimum Gasteiger partial charge on any atom is -0.549 e. The van der Waals surface area contributed by atoms with Gasteiger partial charge in [-0.25, -0.2) is 0 Å². The van der Waals surface area contributed by atoms with Gasteiger partial charge >= 0.3 is 0 Å². The third-order valence-corrected chi connectivity index (χ3v) is 1.55. The minimum atomic E-state index is -1.02. The average molecular weight is 149 g/mol. The van der Waals surface area contributed by atoms with Crippen LogP contribution in [-0.2, 0) is 9.53 Å². The molecule has 0 unspecified atom stereocenters. The third-order valence-electron chi connectivity index (χ3n) is 0.652. The van der Waals surface area contributed by atoms with Crippen LogP contribution in [0, 0.1) is 0 Å². The number of hydrogen-bond donors (Lipinski definition) is 0. The number of hydrogen-bond acceptors (Lipinski definition) is 4. The van der Waals surface area contributed by atoms with Gasteiger partial charge in [0.25, 0.3) is 0 Å². The van der Waals surface area contributed by atoms with E-state index in [1.807, 2.05) is 0 Å². The Morgan fingerprint density at radius 3 is 2.89 bits per heavy atom. The summed E-state index contributed by atoms with van der Waals surface area (Å²) < 4.78 is 4.69. The molecule has 54 valence electrons.